The third kappa shape index (κ3) is 2.91. The quantitative estimate of drug-likeness (QED) is 0.739. The van der Waals surface area contributed by atoms with Gasteiger partial charge in [0.05, 0.1) is 25.2 Å². The van der Waals surface area contributed by atoms with E-state index < -0.39 is 0 Å². The maximum absolute atomic E-state index is 8.57. The summed E-state index contributed by atoms with van der Waals surface area (Å²) in [5.74, 6) is 0.946. The van der Waals surface area contributed by atoms with Crippen LogP contribution in [-0.2, 0) is 4.74 Å². The first-order chi connectivity index (χ1) is 8.86. The van der Waals surface area contributed by atoms with E-state index in [4.69, 9.17) is 10.00 Å². The van der Waals surface area contributed by atoms with Gasteiger partial charge < -0.3 is 4.74 Å². The molecule has 1 aliphatic carbocycles. The lowest BCUT2D eigenvalue weighted by molar-refractivity contribution is 0.0651. The average molecular weight is 241 g/mol. The number of rotatable bonds is 5. The molecule has 0 N–H and O–H groups in total. The van der Waals surface area contributed by atoms with Gasteiger partial charge in [0.1, 0.15) is 0 Å². The van der Waals surface area contributed by atoms with E-state index >= 15 is 0 Å². The third-order valence-electron chi connectivity index (χ3n) is 3.61. The van der Waals surface area contributed by atoms with Crippen molar-refractivity contribution >= 4 is 0 Å². The molecular formula is C16H19NO. The maximum Gasteiger partial charge on any atom is 0.0678 e. The first-order valence-electron chi connectivity index (χ1n) is 6.53. The van der Waals surface area contributed by atoms with Crippen LogP contribution in [0.25, 0.3) is 0 Å². The van der Waals surface area contributed by atoms with Crippen molar-refractivity contribution in [1.82, 2.24) is 0 Å². The number of nitriles is 1. The molecule has 0 saturated heterocycles. The minimum atomic E-state index is 0.132. The lowest BCUT2D eigenvalue weighted by Gasteiger charge is -2.24. The highest BCUT2D eigenvalue weighted by atomic mass is 16.5. The smallest absolute Gasteiger partial charge is 0.0678 e. The van der Waals surface area contributed by atoms with Gasteiger partial charge in [-0.3, -0.25) is 0 Å². The van der Waals surface area contributed by atoms with Crippen LogP contribution in [0.4, 0.5) is 0 Å². The highest BCUT2D eigenvalue weighted by Gasteiger charge is 2.36. The Morgan fingerprint density at radius 2 is 2.11 bits per heavy atom. The summed E-state index contributed by atoms with van der Waals surface area (Å²) < 4.78 is 5.84. The van der Waals surface area contributed by atoms with Crippen molar-refractivity contribution in [3.05, 3.63) is 49.2 Å². The van der Waals surface area contributed by atoms with E-state index in [2.05, 4.69) is 43.7 Å². The fourth-order valence-corrected chi connectivity index (χ4v) is 2.72. The van der Waals surface area contributed by atoms with Gasteiger partial charge in [0.2, 0.25) is 0 Å². The molecule has 2 radical (unpaired) electrons. The molecule has 3 unspecified atom stereocenters. The standard InChI is InChI=1S/C16H19NO/c1-2-13-9-10-15(18-12-6-11-17)16(13)14-7-4-3-5-8-14/h3-5,7-8,10,13,15-16H,1-2,6,9,12H2. The molecule has 2 rings (SSSR count). The Labute approximate surface area is 110 Å². The van der Waals surface area contributed by atoms with E-state index in [1.165, 1.54) is 5.56 Å². The zero-order valence-electron chi connectivity index (χ0n) is 10.6. The van der Waals surface area contributed by atoms with Gasteiger partial charge in [0, 0.05) is 5.92 Å². The predicted octanol–water partition coefficient (Wildman–Crippen LogP) is 3.52. The van der Waals surface area contributed by atoms with Crippen LogP contribution < -0.4 is 0 Å². The summed E-state index contributed by atoms with van der Waals surface area (Å²) in [6.45, 7) is 4.57. The van der Waals surface area contributed by atoms with E-state index in [0.29, 0.717) is 24.9 Å². The lowest BCUT2D eigenvalue weighted by atomic mass is 9.86. The van der Waals surface area contributed by atoms with Crippen molar-refractivity contribution in [2.24, 2.45) is 5.92 Å². The Kier molecular flexibility index (Phi) is 4.78. The minimum absolute atomic E-state index is 0.132. The normalized spacial score (nSPS) is 27.0. The van der Waals surface area contributed by atoms with Gasteiger partial charge in [-0.2, -0.15) is 5.26 Å². The zero-order valence-corrected chi connectivity index (χ0v) is 10.6. The van der Waals surface area contributed by atoms with E-state index in [1.807, 2.05) is 6.07 Å². The van der Waals surface area contributed by atoms with E-state index in [1.54, 1.807) is 0 Å². The van der Waals surface area contributed by atoms with Gasteiger partial charge in [-0.15, -0.1) is 0 Å². The van der Waals surface area contributed by atoms with Crippen molar-refractivity contribution < 1.29 is 4.74 Å². The summed E-state index contributed by atoms with van der Waals surface area (Å²) in [7, 11) is 0. The summed E-state index contributed by atoms with van der Waals surface area (Å²) >= 11 is 0. The fraction of sp³-hybridized carbons (Fsp3) is 0.438. The molecule has 94 valence electrons. The molecule has 1 saturated carbocycles. The second-order valence-corrected chi connectivity index (χ2v) is 4.70. The van der Waals surface area contributed by atoms with Crippen molar-refractivity contribution in [1.29, 1.82) is 5.26 Å². The van der Waals surface area contributed by atoms with Crippen LogP contribution in [0.1, 0.15) is 30.7 Å². The van der Waals surface area contributed by atoms with Gasteiger partial charge >= 0.3 is 0 Å². The largest absolute Gasteiger partial charge is 0.376 e. The molecule has 3 atom stereocenters. The maximum atomic E-state index is 8.57. The summed E-state index contributed by atoms with van der Waals surface area (Å²) in [6.07, 6.45) is 4.81. The molecule has 0 heterocycles. The van der Waals surface area contributed by atoms with Gasteiger partial charge in [0.15, 0.2) is 0 Å². The van der Waals surface area contributed by atoms with Crippen molar-refractivity contribution in [3.8, 4) is 6.07 Å². The Hall–Kier alpha value is -1.33. The number of hydrogen-bond donors (Lipinski definition) is 0. The highest BCUT2D eigenvalue weighted by molar-refractivity contribution is 5.25. The van der Waals surface area contributed by atoms with Crippen molar-refractivity contribution in [2.45, 2.75) is 31.3 Å². The van der Waals surface area contributed by atoms with E-state index in [0.717, 1.165) is 12.8 Å². The SMILES string of the molecule is [CH2]CC1C[CH]C(OCCC#N)C1c1ccccc1. The Bertz CT molecular complexity index is 395. The number of benzene rings is 1. The van der Waals surface area contributed by atoms with Crippen LogP contribution in [-0.4, -0.2) is 12.7 Å². The first kappa shape index (κ1) is 13.1. The number of nitrogens with zero attached hydrogens (tertiary/aromatic N) is 1. The van der Waals surface area contributed by atoms with Crippen LogP contribution in [0.15, 0.2) is 30.3 Å². The summed E-state index contributed by atoms with van der Waals surface area (Å²) in [5.41, 5.74) is 1.32. The fourth-order valence-electron chi connectivity index (χ4n) is 2.72. The molecule has 0 spiro atoms. The Balaban J connectivity index is 2.08. The summed E-state index contributed by atoms with van der Waals surface area (Å²) in [4.78, 5) is 0. The molecule has 2 heteroatoms. The molecular weight excluding hydrogens is 222 g/mol. The van der Waals surface area contributed by atoms with E-state index in [9.17, 15) is 0 Å². The van der Waals surface area contributed by atoms with Crippen LogP contribution in [0.5, 0.6) is 0 Å². The minimum Gasteiger partial charge on any atom is -0.376 e. The van der Waals surface area contributed by atoms with Crippen molar-refractivity contribution in [3.63, 3.8) is 0 Å². The molecule has 1 fully saturated rings. The molecule has 1 aliphatic rings. The van der Waals surface area contributed by atoms with Gasteiger partial charge in [-0.05, 0) is 30.7 Å². The molecule has 0 bridgehead atoms. The number of hydrogen-bond acceptors (Lipinski definition) is 2. The first-order valence-corrected chi connectivity index (χ1v) is 6.53. The van der Waals surface area contributed by atoms with Crippen LogP contribution in [0.2, 0.25) is 0 Å². The van der Waals surface area contributed by atoms with E-state index in [-0.39, 0.29) is 6.10 Å². The molecule has 2 nitrogen and oxygen atoms in total. The molecule has 0 aliphatic heterocycles. The molecule has 0 amide bonds. The predicted molar refractivity (Wildman–Crippen MR) is 71.5 cm³/mol. The summed E-state index contributed by atoms with van der Waals surface area (Å²) in [5, 5.41) is 8.57. The molecule has 1 aromatic rings. The summed E-state index contributed by atoms with van der Waals surface area (Å²) in [6, 6.07) is 12.6. The average Bonchev–Trinajstić information content (AvgIpc) is 2.83. The van der Waals surface area contributed by atoms with Crippen molar-refractivity contribution in [2.75, 3.05) is 6.61 Å². The highest BCUT2D eigenvalue weighted by Crippen LogP contribution is 2.42. The Morgan fingerprint density at radius 3 is 2.78 bits per heavy atom. The molecule has 0 aromatic heterocycles. The zero-order chi connectivity index (χ0) is 12.8. The van der Waals surface area contributed by atoms with Gasteiger partial charge in [-0.25, -0.2) is 0 Å². The molecule has 18 heavy (non-hydrogen) atoms. The Morgan fingerprint density at radius 1 is 1.33 bits per heavy atom. The van der Waals surface area contributed by atoms with Gasteiger partial charge in [0.25, 0.3) is 0 Å². The van der Waals surface area contributed by atoms with Gasteiger partial charge in [-0.1, -0.05) is 37.3 Å². The third-order valence-corrected chi connectivity index (χ3v) is 3.61. The second kappa shape index (κ2) is 6.56. The topological polar surface area (TPSA) is 33.0 Å². The van der Waals surface area contributed by atoms with Crippen LogP contribution >= 0.6 is 0 Å². The lowest BCUT2D eigenvalue weighted by Crippen LogP contribution is -2.21. The molecule has 1 aromatic carbocycles. The van der Waals surface area contributed by atoms with Crippen LogP contribution in [0.3, 0.4) is 0 Å². The second-order valence-electron chi connectivity index (χ2n) is 4.70. The van der Waals surface area contributed by atoms with Crippen LogP contribution in [0, 0.1) is 30.6 Å². The number of ether oxygens (including phenoxy) is 1. The monoisotopic (exact) mass is 241 g/mol.